The van der Waals surface area contributed by atoms with Crippen LogP contribution in [0.3, 0.4) is 0 Å². The Kier molecular flexibility index (Phi) is 5.35. The van der Waals surface area contributed by atoms with Gasteiger partial charge < -0.3 is 19.2 Å². The Balaban J connectivity index is 0.00000180. The van der Waals surface area contributed by atoms with E-state index in [2.05, 4.69) is 44.3 Å². The molecule has 0 spiro atoms. The van der Waals surface area contributed by atoms with Gasteiger partial charge in [0, 0.05) is 60.3 Å². The van der Waals surface area contributed by atoms with Crippen LogP contribution < -0.4 is 9.62 Å². The predicted octanol–water partition coefficient (Wildman–Crippen LogP) is 0.0311. The van der Waals surface area contributed by atoms with Gasteiger partial charge in [0.2, 0.25) is 5.78 Å². The van der Waals surface area contributed by atoms with E-state index in [1.165, 1.54) is 0 Å². The van der Waals surface area contributed by atoms with E-state index >= 15 is 0 Å². The van der Waals surface area contributed by atoms with Crippen molar-refractivity contribution in [1.82, 2.24) is 19.6 Å². The van der Waals surface area contributed by atoms with Crippen molar-refractivity contribution in [3.8, 4) is 0 Å². The van der Waals surface area contributed by atoms with Crippen LogP contribution in [0.5, 0.6) is 0 Å². The van der Waals surface area contributed by atoms with Crippen LogP contribution in [-0.4, -0.2) is 79.7 Å². The number of anilines is 2. The second kappa shape index (κ2) is 7.74. The number of carbonyl (C=O) groups excluding carboxylic acids is 1. The van der Waals surface area contributed by atoms with Crippen LogP contribution in [0, 0.1) is 0 Å². The van der Waals surface area contributed by atoms with Crippen molar-refractivity contribution in [2.45, 2.75) is 0 Å². The molecule has 0 aromatic carbocycles. The number of fused-ring (bicyclic) bond motifs is 10. The molecule has 27 heavy (non-hydrogen) atoms. The summed E-state index contributed by atoms with van der Waals surface area (Å²) in [7, 11) is 4.23. The molecule has 138 valence electrons. The van der Waals surface area contributed by atoms with Gasteiger partial charge in [0.15, 0.2) is 0 Å². The van der Waals surface area contributed by atoms with Crippen molar-refractivity contribution in [1.29, 1.82) is 0 Å². The molecule has 2 aromatic rings. The summed E-state index contributed by atoms with van der Waals surface area (Å²) in [6.45, 7) is 5.64. The van der Waals surface area contributed by atoms with Crippen molar-refractivity contribution in [2.24, 2.45) is 0 Å². The molecule has 3 aliphatic heterocycles. The van der Waals surface area contributed by atoms with Gasteiger partial charge in [0.05, 0.1) is 0 Å². The Morgan fingerprint density at radius 2 is 1.15 bits per heavy atom. The number of hydrogen-bond acceptors (Lipinski definition) is 7. The molecule has 0 aliphatic carbocycles. The zero-order chi connectivity index (χ0) is 17.5. The van der Waals surface area contributed by atoms with Gasteiger partial charge in [0.1, 0.15) is 23.0 Å². The number of carbonyl (C=O) groups is 1. The molecule has 2 saturated heterocycles. The normalized spacial score (nSPS) is 23.6. The Morgan fingerprint density at radius 3 is 1.63 bits per heavy atom. The third kappa shape index (κ3) is 3.68. The molecule has 2 aromatic heterocycles. The summed E-state index contributed by atoms with van der Waals surface area (Å²) in [4.78, 5) is 30.9. The molecule has 2 atom stereocenters. The maximum atomic E-state index is 12.9. The van der Waals surface area contributed by atoms with Gasteiger partial charge in [-0.15, -0.1) is 0 Å². The summed E-state index contributed by atoms with van der Waals surface area (Å²) in [6.07, 6.45) is 0. The third-order valence-corrected chi connectivity index (χ3v) is 5.06. The fourth-order valence-electron chi connectivity index (χ4n) is 3.59. The quantitative estimate of drug-likeness (QED) is 0.439. The van der Waals surface area contributed by atoms with Crippen LogP contribution >= 0.6 is 0 Å². The molecule has 0 N–H and O–H groups in total. The van der Waals surface area contributed by atoms with Crippen LogP contribution in [0.4, 0.5) is 11.6 Å². The Hall–Kier alpha value is -1.69. The molecule has 0 amide bonds. The molecular weight excluding hydrogens is 521 g/mol. The fourth-order valence-corrected chi connectivity index (χ4v) is 3.59. The van der Waals surface area contributed by atoms with Gasteiger partial charge in [-0.3, -0.25) is 4.79 Å². The fraction of sp³-hybridized carbons (Fsp3) is 0.353. The van der Waals surface area contributed by atoms with E-state index in [0.29, 0.717) is 11.4 Å². The van der Waals surface area contributed by atoms with E-state index in [4.69, 9.17) is 0 Å². The van der Waals surface area contributed by atoms with Crippen molar-refractivity contribution in [3.63, 3.8) is 0 Å². The van der Waals surface area contributed by atoms with E-state index < -0.39 is 0 Å². The van der Waals surface area contributed by atoms with Gasteiger partial charge in [0.25, 0.3) is 0 Å². The first-order valence-electron chi connectivity index (χ1n) is 8.96. The van der Waals surface area contributed by atoms with Gasteiger partial charge in [-0.25, -0.2) is 9.97 Å². The minimum atomic E-state index is -0.143. The van der Waals surface area contributed by atoms with E-state index in [-0.39, 0.29) is 26.8 Å². The van der Waals surface area contributed by atoms with Gasteiger partial charge in [-0.2, -0.15) is 0 Å². The first-order chi connectivity index (χ1) is 12.8. The average molecular weight is 539 g/mol. The molecule has 7 nitrogen and oxygen atoms in total. The van der Waals surface area contributed by atoms with E-state index in [9.17, 15) is 4.79 Å². The summed E-state index contributed by atoms with van der Waals surface area (Å²) >= 11 is 0. The molecule has 5 heterocycles. The van der Waals surface area contributed by atoms with Crippen molar-refractivity contribution in [2.75, 3.05) is 48.9 Å². The Morgan fingerprint density at radius 1 is 0.704 bits per heavy atom. The zero-order valence-corrected chi connectivity index (χ0v) is 17.0. The maximum Gasteiger partial charge on any atom is 0.353 e. The molecule has 2 radical (unpaired) electrons. The topological polar surface area (TPSA) is 55.8 Å². The number of ketones is 1. The predicted molar refractivity (Wildman–Crippen MR) is 101 cm³/mol. The summed E-state index contributed by atoms with van der Waals surface area (Å²) in [5.74, 6) is 1.47. The van der Waals surface area contributed by atoms with E-state index in [0.717, 1.165) is 50.9 Å². The Bertz CT molecular complexity index is 788. The number of rotatable bonds is 0. The van der Waals surface area contributed by atoms with Crippen molar-refractivity contribution < 1.29 is 25.9 Å². The number of hydrogen-bond donors (Lipinski definition) is 0. The number of pyridine rings is 2. The van der Waals surface area contributed by atoms with Crippen LogP contribution in [-0.2, 0) is 21.1 Å². The summed E-state index contributed by atoms with van der Waals surface area (Å²) in [6, 6.07) is 11.2. The van der Waals surface area contributed by atoms with Crippen LogP contribution in [0.15, 0.2) is 36.4 Å². The molecule has 10 heteroatoms. The molecule has 2 fully saturated rings. The van der Waals surface area contributed by atoms with Crippen molar-refractivity contribution >= 4 is 32.5 Å². The Labute approximate surface area is 174 Å². The van der Waals surface area contributed by atoms with Gasteiger partial charge in [-0.1, -0.05) is 12.1 Å². The van der Waals surface area contributed by atoms with E-state index in [1.807, 2.05) is 24.3 Å². The minimum Gasteiger partial charge on any atom is -0.388 e. The molecule has 8 bridgehead atoms. The SMILES string of the molecule is O=C1c2cccc(n2)N2[B]N(CCN3[B]N(CC3)c3cccc1n3)CC2.[Pt]. The van der Waals surface area contributed by atoms with Crippen LogP contribution in [0.25, 0.3) is 0 Å². The van der Waals surface area contributed by atoms with Crippen LogP contribution in [0.2, 0.25) is 0 Å². The second-order valence-electron chi connectivity index (χ2n) is 6.78. The standard InChI is InChI=1S/C17H18B2N6O.Pt/c26-17-13-3-1-5-15(20-13)24-11-9-22(18-24)7-8-23-10-12-25(19-23)16-6-2-4-14(17)21-16;/h1-6H,7-12H2;. The molecule has 0 saturated carbocycles. The summed E-state index contributed by atoms with van der Waals surface area (Å²) in [5.41, 5.74) is 0.863. The molecule has 3 aliphatic rings. The van der Waals surface area contributed by atoms with Gasteiger partial charge in [-0.05, 0) is 24.3 Å². The summed E-state index contributed by atoms with van der Waals surface area (Å²) < 4.78 is 0. The van der Waals surface area contributed by atoms with Crippen LogP contribution in [0.1, 0.15) is 16.2 Å². The monoisotopic (exact) mass is 539 g/mol. The largest absolute Gasteiger partial charge is 0.388 e. The second-order valence-corrected chi connectivity index (χ2v) is 6.78. The smallest absolute Gasteiger partial charge is 0.353 e. The first-order valence-corrected chi connectivity index (χ1v) is 8.96. The molecule has 5 rings (SSSR count). The van der Waals surface area contributed by atoms with E-state index in [1.54, 1.807) is 12.1 Å². The van der Waals surface area contributed by atoms with Crippen molar-refractivity contribution in [3.05, 3.63) is 47.8 Å². The number of nitrogens with zero attached hydrogens (tertiary/aromatic N) is 6. The molecule has 2 unspecified atom stereocenters. The minimum absolute atomic E-state index is 0. The maximum absolute atomic E-state index is 12.9. The zero-order valence-electron chi connectivity index (χ0n) is 14.8. The first kappa shape index (κ1) is 18.7. The third-order valence-electron chi connectivity index (χ3n) is 5.06. The summed E-state index contributed by atoms with van der Waals surface area (Å²) in [5, 5.41) is 0. The molecular formula is C17H18B2N6OPt. The number of aromatic nitrogens is 2. The average Bonchev–Trinajstić information content (AvgIpc) is 3.35. The van der Waals surface area contributed by atoms with Gasteiger partial charge >= 0.3 is 15.1 Å².